The molecule has 4 nitrogen and oxygen atoms in total. The zero-order valence-corrected chi connectivity index (χ0v) is 10.7. The Morgan fingerprint density at radius 2 is 1.75 bits per heavy atom. The highest BCUT2D eigenvalue weighted by atomic mass is 35.5. The van der Waals surface area contributed by atoms with Crippen molar-refractivity contribution in [2.24, 2.45) is 5.10 Å². The van der Waals surface area contributed by atoms with Gasteiger partial charge < -0.3 is 0 Å². The molecule has 0 aliphatic rings. The van der Waals surface area contributed by atoms with Gasteiger partial charge in [-0.05, 0) is 29.8 Å². The topological polar surface area (TPSA) is 50.2 Å². The number of benzene rings is 1. The maximum absolute atomic E-state index is 12.4. The predicted molar refractivity (Wildman–Crippen MR) is 69.7 cm³/mol. The van der Waals surface area contributed by atoms with Crippen LogP contribution >= 0.6 is 11.6 Å². The van der Waals surface area contributed by atoms with Gasteiger partial charge in [0.15, 0.2) is 11.0 Å². The fraction of sp³-hybridized carbons (Fsp3) is 0.0833. The van der Waals surface area contributed by atoms with E-state index in [9.17, 15) is 13.2 Å². The van der Waals surface area contributed by atoms with Gasteiger partial charge in [0.1, 0.15) is 0 Å². The molecule has 0 spiro atoms. The van der Waals surface area contributed by atoms with Crippen LogP contribution in [0.1, 0.15) is 11.1 Å². The van der Waals surface area contributed by atoms with Crippen molar-refractivity contribution in [3.63, 3.8) is 0 Å². The van der Waals surface area contributed by atoms with Gasteiger partial charge in [-0.15, -0.1) is 10.2 Å². The maximum atomic E-state index is 12.4. The minimum Gasteiger partial charge on any atom is -0.260 e. The summed E-state index contributed by atoms with van der Waals surface area (Å²) in [6.45, 7) is 0. The molecule has 1 heterocycles. The monoisotopic (exact) mass is 300 g/mol. The minimum atomic E-state index is -4.34. The zero-order valence-electron chi connectivity index (χ0n) is 9.89. The van der Waals surface area contributed by atoms with Gasteiger partial charge in [-0.25, -0.2) is 0 Å². The summed E-state index contributed by atoms with van der Waals surface area (Å²) in [4.78, 5) is 0. The van der Waals surface area contributed by atoms with Crippen LogP contribution in [0.5, 0.6) is 0 Å². The smallest absolute Gasteiger partial charge is 0.260 e. The first-order valence-electron chi connectivity index (χ1n) is 5.41. The maximum Gasteiger partial charge on any atom is 0.416 e. The van der Waals surface area contributed by atoms with Crippen molar-refractivity contribution in [1.82, 2.24) is 10.2 Å². The van der Waals surface area contributed by atoms with E-state index in [-0.39, 0.29) is 5.15 Å². The molecule has 0 unspecified atom stereocenters. The van der Waals surface area contributed by atoms with Crippen LogP contribution in [0, 0.1) is 0 Å². The van der Waals surface area contributed by atoms with Crippen LogP contribution in [-0.4, -0.2) is 16.4 Å². The molecule has 20 heavy (non-hydrogen) atoms. The second kappa shape index (κ2) is 5.87. The highest BCUT2D eigenvalue weighted by Crippen LogP contribution is 2.28. The van der Waals surface area contributed by atoms with E-state index in [0.29, 0.717) is 11.4 Å². The first kappa shape index (κ1) is 14.3. The minimum absolute atomic E-state index is 0.252. The molecule has 0 amide bonds. The summed E-state index contributed by atoms with van der Waals surface area (Å²) in [7, 11) is 0. The van der Waals surface area contributed by atoms with Crippen LogP contribution in [0.2, 0.25) is 5.15 Å². The number of rotatable bonds is 3. The second-order valence-electron chi connectivity index (χ2n) is 3.73. The molecule has 2 rings (SSSR count). The average molecular weight is 301 g/mol. The van der Waals surface area contributed by atoms with Gasteiger partial charge in [0.2, 0.25) is 0 Å². The van der Waals surface area contributed by atoms with Crippen LogP contribution in [-0.2, 0) is 6.18 Å². The van der Waals surface area contributed by atoms with Crippen LogP contribution in [0.3, 0.4) is 0 Å². The number of anilines is 1. The van der Waals surface area contributed by atoms with Gasteiger partial charge in [0.05, 0.1) is 11.8 Å². The lowest BCUT2D eigenvalue weighted by atomic mass is 10.1. The molecule has 1 N–H and O–H groups in total. The van der Waals surface area contributed by atoms with E-state index in [2.05, 4.69) is 20.7 Å². The predicted octanol–water partition coefficient (Wildman–Crippen LogP) is 3.59. The van der Waals surface area contributed by atoms with E-state index in [1.807, 2.05) is 0 Å². The van der Waals surface area contributed by atoms with E-state index >= 15 is 0 Å². The van der Waals surface area contributed by atoms with Gasteiger partial charge in [0.25, 0.3) is 0 Å². The van der Waals surface area contributed by atoms with E-state index in [4.69, 9.17) is 11.6 Å². The van der Waals surface area contributed by atoms with Crippen molar-refractivity contribution in [2.75, 3.05) is 5.43 Å². The third kappa shape index (κ3) is 3.92. The second-order valence-corrected chi connectivity index (χ2v) is 4.12. The number of hydrogen-bond acceptors (Lipinski definition) is 4. The normalized spacial score (nSPS) is 11.8. The van der Waals surface area contributed by atoms with E-state index < -0.39 is 11.7 Å². The Balaban J connectivity index is 1.99. The lowest BCUT2D eigenvalue weighted by Crippen LogP contribution is -2.04. The number of aromatic nitrogens is 2. The van der Waals surface area contributed by atoms with Gasteiger partial charge in [0, 0.05) is 0 Å². The highest BCUT2D eigenvalue weighted by molar-refractivity contribution is 6.29. The van der Waals surface area contributed by atoms with Crippen molar-refractivity contribution in [2.45, 2.75) is 6.18 Å². The van der Waals surface area contributed by atoms with Gasteiger partial charge in [-0.1, -0.05) is 23.7 Å². The Bertz CT molecular complexity index is 594. The van der Waals surface area contributed by atoms with E-state index in [1.54, 1.807) is 6.07 Å². The average Bonchev–Trinajstić information content (AvgIpc) is 2.41. The Kier molecular flexibility index (Phi) is 4.19. The standard InChI is InChI=1S/C12H8ClF3N4/c13-10-5-6-11(20-18-10)19-17-7-8-1-3-9(4-2-8)12(14,15)16/h1-7H,(H,19,20)/b17-7+. The zero-order chi connectivity index (χ0) is 14.6. The fourth-order valence-electron chi connectivity index (χ4n) is 1.31. The summed E-state index contributed by atoms with van der Waals surface area (Å²) in [5.74, 6) is 0.373. The Morgan fingerprint density at radius 1 is 1.05 bits per heavy atom. The van der Waals surface area contributed by atoms with Gasteiger partial charge in [-0.3, -0.25) is 5.43 Å². The number of nitrogens with zero attached hydrogens (tertiary/aromatic N) is 3. The fourth-order valence-corrected chi connectivity index (χ4v) is 1.41. The largest absolute Gasteiger partial charge is 0.416 e. The molecule has 0 radical (unpaired) electrons. The third-order valence-electron chi connectivity index (χ3n) is 2.26. The lowest BCUT2D eigenvalue weighted by Gasteiger charge is -2.05. The summed E-state index contributed by atoms with van der Waals surface area (Å²) in [6.07, 6.45) is -2.97. The Hall–Kier alpha value is -2.15. The van der Waals surface area contributed by atoms with E-state index in [0.717, 1.165) is 12.1 Å². The summed E-state index contributed by atoms with van der Waals surface area (Å²) in [5.41, 5.74) is 2.40. The van der Waals surface area contributed by atoms with Crippen molar-refractivity contribution in [3.8, 4) is 0 Å². The molecule has 104 valence electrons. The van der Waals surface area contributed by atoms with Crippen molar-refractivity contribution < 1.29 is 13.2 Å². The van der Waals surface area contributed by atoms with Crippen LogP contribution in [0.4, 0.5) is 19.0 Å². The first-order chi connectivity index (χ1) is 9.45. The molecule has 0 bridgehead atoms. The number of halogens is 4. The number of hydrazone groups is 1. The molecule has 0 aliphatic heterocycles. The number of nitrogens with one attached hydrogen (secondary N) is 1. The molecule has 0 saturated carbocycles. The highest BCUT2D eigenvalue weighted by Gasteiger charge is 2.29. The first-order valence-corrected chi connectivity index (χ1v) is 5.78. The van der Waals surface area contributed by atoms with Gasteiger partial charge >= 0.3 is 6.18 Å². The van der Waals surface area contributed by atoms with Crippen LogP contribution < -0.4 is 5.43 Å². The molecule has 0 saturated heterocycles. The molecule has 2 aromatic rings. The van der Waals surface area contributed by atoms with Crippen molar-refractivity contribution >= 4 is 23.6 Å². The molecule has 0 aliphatic carbocycles. The molecule has 0 fully saturated rings. The van der Waals surface area contributed by atoms with Crippen molar-refractivity contribution in [1.29, 1.82) is 0 Å². The summed E-state index contributed by atoms with van der Waals surface area (Å²) >= 11 is 5.56. The van der Waals surface area contributed by atoms with E-state index in [1.165, 1.54) is 24.4 Å². The summed E-state index contributed by atoms with van der Waals surface area (Å²) in [6, 6.07) is 7.72. The van der Waals surface area contributed by atoms with Gasteiger partial charge in [-0.2, -0.15) is 18.3 Å². The molecular weight excluding hydrogens is 293 g/mol. The number of alkyl halides is 3. The molecule has 1 aromatic carbocycles. The number of hydrogen-bond donors (Lipinski definition) is 1. The summed E-state index contributed by atoms with van der Waals surface area (Å²) in [5, 5.41) is 11.4. The Morgan fingerprint density at radius 3 is 2.30 bits per heavy atom. The van der Waals surface area contributed by atoms with Crippen molar-refractivity contribution in [3.05, 3.63) is 52.7 Å². The molecular formula is C12H8ClF3N4. The van der Waals surface area contributed by atoms with Crippen LogP contribution in [0.15, 0.2) is 41.5 Å². The molecule has 1 aromatic heterocycles. The lowest BCUT2D eigenvalue weighted by molar-refractivity contribution is -0.137. The van der Waals surface area contributed by atoms with Crippen LogP contribution in [0.25, 0.3) is 0 Å². The molecule has 8 heteroatoms. The quantitative estimate of drug-likeness (QED) is 0.696. The summed E-state index contributed by atoms with van der Waals surface area (Å²) < 4.78 is 37.1. The third-order valence-corrected chi connectivity index (χ3v) is 2.46. The SMILES string of the molecule is FC(F)(F)c1ccc(/C=N/Nc2ccc(Cl)nn2)cc1. The molecule has 0 atom stereocenters. The Labute approximate surface area is 117 Å².